The van der Waals surface area contributed by atoms with Gasteiger partial charge in [-0.3, -0.25) is 4.79 Å². The Labute approximate surface area is 152 Å². The van der Waals surface area contributed by atoms with E-state index in [1.807, 2.05) is 30.3 Å². The number of amides is 1. The number of carbonyl (C=O) groups excluding carboxylic acids is 1. The predicted molar refractivity (Wildman–Crippen MR) is 95.4 cm³/mol. The average Bonchev–Trinajstić information content (AvgIpc) is 3.20. The fourth-order valence-corrected chi connectivity index (χ4v) is 2.99. The molecule has 0 bridgehead atoms. The third kappa shape index (κ3) is 3.44. The van der Waals surface area contributed by atoms with Gasteiger partial charge in [0.1, 0.15) is 5.75 Å². The van der Waals surface area contributed by atoms with Crippen LogP contribution < -0.4 is 10.1 Å². The molecular formula is C20H13F3N2O2. The first-order valence-electron chi connectivity index (χ1n) is 8.07. The molecule has 1 aliphatic heterocycles. The average molecular weight is 370 g/mol. The highest BCUT2D eigenvalue weighted by Crippen LogP contribution is 2.33. The van der Waals surface area contributed by atoms with Crippen LogP contribution in [0.5, 0.6) is 5.75 Å². The highest BCUT2D eigenvalue weighted by molar-refractivity contribution is 6.34. The second kappa shape index (κ2) is 6.35. The molecule has 0 aliphatic carbocycles. The van der Waals surface area contributed by atoms with Crippen molar-refractivity contribution in [2.24, 2.45) is 0 Å². The quantitative estimate of drug-likeness (QED) is 0.669. The van der Waals surface area contributed by atoms with Crippen LogP contribution in [0.3, 0.4) is 0 Å². The minimum atomic E-state index is -4.73. The minimum absolute atomic E-state index is 0.196. The SMILES string of the molecule is O=C1Nc2ccccc2/C1=C\c1cccn1-c1ccc(OC(F)(F)F)cc1. The Kier molecular flexibility index (Phi) is 3.99. The lowest BCUT2D eigenvalue weighted by Crippen LogP contribution is -2.17. The third-order valence-electron chi connectivity index (χ3n) is 4.13. The molecule has 0 radical (unpaired) electrons. The number of fused-ring (bicyclic) bond motifs is 1. The Morgan fingerprint density at radius 1 is 0.963 bits per heavy atom. The second-order valence-electron chi connectivity index (χ2n) is 5.90. The van der Waals surface area contributed by atoms with Crippen LogP contribution in [0.4, 0.5) is 18.9 Å². The second-order valence-corrected chi connectivity index (χ2v) is 5.90. The number of halogens is 3. The van der Waals surface area contributed by atoms with Gasteiger partial charge in [-0.25, -0.2) is 0 Å². The highest BCUT2D eigenvalue weighted by atomic mass is 19.4. The minimum Gasteiger partial charge on any atom is -0.406 e. The number of alkyl halides is 3. The number of nitrogens with zero attached hydrogens (tertiary/aromatic N) is 1. The van der Waals surface area contributed by atoms with Crippen LogP contribution in [0.25, 0.3) is 17.3 Å². The number of para-hydroxylation sites is 1. The molecule has 0 atom stereocenters. The monoisotopic (exact) mass is 370 g/mol. The molecule has 0 spiro atoms. The van der Waals surface area contributed by atoms with E-state index in [0.717, 1.165) is 16.9 Å². The summed E-state index contributed by atoms with van der Waals surface area (Å²) in [5.41, 5.74) is 3.46. The Morgan fingerprint density at radius 2 is 1.70 bits per heavy atom. The molecular weight excluding hydrogens is 357 g/mol. The number of anilines is 1. The van der Waals surface area contributed by atoms with Crippen molar-refractivity contribution in [2.75, 3.05) is 5.32 Å². The van der Waals surface area contributed by atoms with Crippen LogP contribution in [-0.2, 0) is 4.79 Å². The summed E-state index contributed by atoms with van der Waals surface area (Å²) in [5, 5.41) is 2.81. The number of nitrogens with one attached hydrogen (secondary N) is 1. The molecule has 1 aliphatic rings. The smallest absolute Gasteiger partial charge is 0.406 e. The van der Waals surface area contributed by atoms with E-state index >= 15 is 0 Å². The topological polar surface area (TPSA) is 43.3 Å². The van der Waals surface area contributed by atoms with Crippen LogP contribution in [0.15, 0.2) is 66.9 Å². The Balaban J connectivity index is 1.67. The molecule has 1 N–H and O–H groups in total. The molecule has 0 fully saturated rings. The molecule has 2 heterocycles. The normalized spacial score (nSPS) is 14.9. The lowest BCUT2D eigenvalue weighted by Gasteiger charge is -2.11. The standard InChI is InChI=1S/C20H13F3N2O2/c21-20(22,23)27-15-9-7-13(8-10-15)25-11-3-4-14(25)12-17-16-5-1-2-6-18(16)24-19(17)26/h1-12H,(H,24,26)/b17-12+. The first kappa shape index (κ1) is 17.0. The molecule has 4 nitrogen and oxygen atoms in total. The molecule has 27 heavy (non-hydrogen) atoms. The molecule has 1 amide bonds. The highest BCUT2D eigenvalue weighted by Gasteiger charge is 2.31. The summed E-state index contributed by atoms with van der Waals surface area (Å²) in [4.78, 5) is 12.3. The van der Waals surface area contributed by atoms with Crippen molar-refractivity contribution >= 4 is 23.2 Å². The van der Waals surface area contributed by atoms with Crippen LogP contribution >= 0.6 is 0 Å². The maximum Gasteiger partial charge on any atom is 0.573 e. The van der Waals surface area contributed by atoms with Crippen molar-refractivity contribution in [1.82, 2.24) is 4.57 Å². The van der Waals surface area contributed by atoms with Crippen molar-refractivity contribution < 1.29 is 22.7 Å². The zero-order valence-electron chi connectivity index (χ0n) is 13.8. The van der Waals surface area contributed by atoms with Gasteiger partial charge in [0.25, 0.3) is 5.91 Å². The molecule has 3 aromatic rings. The fourth-order valence-electron chi connectivity index (χ4n) is 2.99. The maximum absolute atomic E-state index is 12.3. The van der Waals surface area contributed by atoms with E-state index in [9.17, 15) is 18.0 Å². The zero-order valence-corrected chi connectivity index (χ0v) is 13.8. The molecule has 0 saturated carbocycles. The number of aromatic nitrogens is 1. The van der Waals surface area contributed by atoms with E-state index in [0.29, 0.717) is 11.3 Å². The van der Waals surface area contributed by atoms with Crippen molar-refractivity contribution in [3.8, 4) is 11.4 Å². The molecule has 7 heteroatoms. The number of ether oxygens (including phenoxy) is 1. The van der Waals surface area contributed by atoms with Gasteiger partial charge >= 0.3 is 6.36 Å². The van der Waals surface area contributed by atoms with Crippen LogP contribution in [0.2, 0.25) is 0 Å². The number of hydrogen-bond acceptors (Lipinski definition) is 2. The summed E-state index contributed by atoms with van der Waals surface area (Å²) in [6.45, 7) is 0. The Hall–Kier alpha value is -3.48. The summed E-state index contributed by atoms with van der Waals surface area (Å²) < 4.78 is 42.5. The van der Waals surface area contributed by atoms with E-state index in [2.05, 4.69) is 10.1 Å². The maximum atomic E-state index is 12.3. The largest absolute Gasteiger partial charge is 0.573 e. The number of hydrogen-bond donors (Lipinski definition) is 1. The van der Waals surface area contributed by atoms with Gasteiger partial charge in [-0.15, -0.1) is 13.2 Å². The number of carbonyl (C=O) groups is 1. The van der Waals surface area contributed by atoms with E-state index in [1.165, 1.54) is 24.3 Å². The summed E-state index contributed by atoms with van der Waals surface area (Å²) in [5.74, 6) is -0.486. The molecule has 2 aromatic carbocycles. The first-order chi connectivity index (χ1) is 12.9. The van der Waals surface area contributed by atoms with Gasteiger partial charge in [-0.2, -0.15) is 0 Å². The van der Waals surface area contributed by atoms with E-state index in [1.54, 1.807) is 22.9 Å². The predicted octanol–water partition coefficient (Wildman–Crippen LogP) is 4.87. The summed E-state index contributed by atoms with van der Waals surface area (Å²) in [7, 11) is 0. The molecule has 4 rings (SSSR count). The fraction of sp³-hybridized carbons (Fsp3) is 0.0500. The number of rotatable bonds is 3. The number of benzene rings is 2. The Morgan fingerprint density at radius 3 is 2.44 bits per heavy atom. The van der Waals surface area contributed by atoms with Crippen LogP contribution in [0.1, 0.15) is 11.3 Å². The zero-order chi connectivity index (χ0) is 19.0. The van der Waals surface area contributed by atoms with Crippen LogP contribution in [-0.4, -0.2) is 16.8 Å². The van der Waals surface area contributed by atoms with Gasteiger partial charge in [0.15, 0.2) is 0 Å². The van der Waals surface area contributed by atoms with Crippen molar-refractivity contribution in [2.45, 2.75) is 6.36 Å². The molecule has 1 aromatic heterocycles. The van der Waals surface area contributed by atoms with E-state index in [4.69, 9.17) is 0 Å². The van der Waals surface area contributed by atoms with Gasteiger partial charge in [0.2, 0.25) is 0 Å². The van der Waals surface area contributed by atoms with Gasteiger partial charge in [0.05, 0.1) is 5.57 Å². The molecule has 0 unspecified atom stereocenters. The lowest BCUT2D eigenvalue weighted by atomic mass is 10.1. The first-order valence-corrected chi connectivity index (χ1v) is 8.07. The lowest BCUT2D eigenvalue weighted by molar-refractivity contribution is -0.274. The Bertz CT molecular complexity index is 1030. The van der Waals surface area contributed by atoms with Crippen LogP contribution in [0, 0.1) is 0 Å². The van der Waals surface area contributed by atoms with E-state index < -0.39 is 6.36 Å². The van der Waals surface area contributed by atoms with Crippen molar-refractivity contribution in [1.29, 1.82) is 0 Å². The van der Waals surface area contributed by atoms with Crippen molar-refractivity contribution in [3.05, 3.63) is 78.1 Å². The summed E-state index contributed by atoms with van der Waals surface area (Å²) >= 11 is 0. The van der Waals surface area contributed by atoms with Gasteiger partial charge < -0.3 is 14.6 Å². The van der Waals surface area contributed by atoms with Gasteiger partial charge in [-0.05, 0) is 48.5 Å². The molecule has 136 valence electrons. The summed E-state index contributed by atoms with van der Waals surface area (Å²) in [6.07, 6.45) is -1.21. The molecule has 0 saturated heterocycles. The van der Waals surface area contributed by atoms with Gasteiger partial charge in [-0.1, -0.05) is 18.2 Å². The third-order valence-corrected chi connectivity index (χ3v) is 4.13. The van der Waals surface area contributed by atoms with Crippen molar-refractivity contribution in [3.63, 3.8) is 0 Å². The van der Waals surface area contributed by atoms with E-state index in [-0.39, 0.29) is 11.7 Å². The summed E-state index contributed by atoms with van der Waals surface area (Å²) in [6, 6.07) is 16.5. The van der Waals surface area contributed by atoms with Gasteiger partial charge in [0, 0.05) is 28.8 Å².